The highest BCUT2D eigenvalue weighted by Gasteiger charge is 2.09. The van der Waals surface area contributed by atoms with Crippen LogP contribution in [0.4, 0.5) is 0 Å². The maximum atomic E-state index is 8.71. The van der Waals surface area contributed by atoms with Gasteiger partial charge in [0.2, 0.25) is 0 Å². The van der Waals surface area contributed by atoms with Crippen LogP contribution in [0.3, 0.4) is 0 Å². The van der Waals surface area contributed by atoms with E-state index >= 15 is 0 Å². The molecule has 1 heterocycles. The summed E-state index contributed by atoms with van der Waals surface area (Å²) in [5.74, 6) is 1.63. The number of ether oxygens (including phenoxy) is 1. The van der Waals surface area contributed by atoms with Crippen molar-refractivity contribution < 1.29 is 14.4 Å². The Morgan fingerprint density at radius 2 is 2.00 bits per heavy atom. The van der Waals surface area contributed by atoms with Crippen LogP contribution >= 0.6 is 0 Å². The largest absolute Gasteiger partial charge is 0.489 e. The van der Waals surface area contributed by atoms with E-state index in [1.54, 1.807) is 0 Å². The molecule has 0 spiro atoms. The van der Waals surface area contributed by atoms with Crippen molar-refractivity contribution in [1.29, 1.82) is 0 Å². The van der Waals surface area contributed by atoms with Crippen LogP contribution in [0.15, 0.2) is 28.8 Å². The van der Waals surface area contributed by atoms with E-state index < -0.39 is 0 Å². The van der Waals surface area contributed by atoms with Crippen LogP contribution in [0.1, 0.15) is 29.0 Å². The average Bonchev–Trinajstić information content (AvgIpc) is 2.82. The maximum Gasteiger partial charge on any atom is 0.140 e. The Morgan fingerprint density at radius 1 is 1.24 bits per heavy atom. The van der Waals surface area contributed by atoms with Gasteiger partial charge in [0.05, 0.1) is 11.3 Å². The smallest absolute Gasteiger partial charge is 0.140 e. The van der Waals surface area contributed by atoms with Crippen molar-refractivity contribution in [2.24, 2.45) is 0 Å². The van der Waals surface area contributed by atoms with Gasteiger partial charge < -0.3 is 19.7 Å². The van der Waals surface area contributed by atoms with E-state index in [1.807, 2.05) is 38.1 Å². The van der Waals surface area contributed by atoms with Gasteiger partial charge in [-0.3, -0.25) is 0 Å². The first-order valence-corrected chi connectivity index (χ1v) is 7.15. The van der Waals surface area contributed by atoms with E-state index in [-0.39, 0.29) is 6.61 Å². The zero-order valence-electron chi connectivity index (χ0n) is 12.6. The first-order chi connectivity index (χ1) is 10.2. The number of nitrogens with zero attached hydrogens (tertiary/aromatic N) is 1. The minimum Gasteiger partial charge on any atom is -0.489 e. The number of rotatable bonds is 8. The van der Waals surface area contributed by atoms with Gasteiger partial charge in [-0.15, -0.1) is 0 Å². The molecule has 0 saturated carbocycles. The monoisotopic (exact) mass is 290 g/mol. The number of aryl methyl sites for hydroxylation is 2. The summed E-state index contributed by atoms with van der Waals surface area (Å²) < 4.78 is 10.9. The maximum absolute atomic E-state index is 8.71. The minimum atomic E-state index is 0.224. The molecule has 5 heteroatoms. The van der Waals surface area contributed by atoms with Crippen molar-refractivity contribution in [2.75, 3.05) is 13.2 Å². The highest BCUT2D eigenvalue weighted by molar-refractivity contribution is 5.28. The molecule has 0 radical (unpaired) electrons. The molecular weight excluding hydrogens is 268 g/mol. The minimum absolute atomic E-state index is 0.224. The first-order valence-electron chi connectivity index (χ1n) is 7.15. The summed E-state index contributed by atoms with van der Waals surface area (Å²) in [6, 6.07) is 7.99. The second-order valence-corrected chi connectivity index (χ2v) is 4.99. The first kappa shape index (κ1) is 15.5. The Balaban J connectivity index is 1.82. The molecule has 2 aromatic rings. The molecule has 0 aliphatic heterocycles. The fourth-order valence-electron chi connectivity index (χ4n) is 2.00. The van der Waals surface area contributed by atoms with Crippen molar-refractivity contribution in [2.45, 2.75) is 33.4 Å². The van der Waals surface area contributed by atoms with Crippen molar-refractivity contribution in [3.05, 3.63) is 46.8 Å². The summed E-state index contributed by atoms with van der Waals surface area (Å²) in [4.78, 5) is 0. The van der Waals surface area contributed by atoms with E-state index in [9.17, 15) is 0 Å². The van der Waals surface area contributed by atoms with Crippen molar-refractivity contribution in [3.8, 4) is 5.75 Å². The summed E-state index contributed by atoms with van der Waals surface area (Å²) in [5, 5.41) is 15.9. The number of benzene rings is 1. The Morgan fingerprint density at radius 3 is 2.62 bits per heavy atom. The molecule has 0 bridgehead atoms. The van der Waals surface area contributed by atoms with Gasteiger partial charge in [-0.1, -0.05) is 17.3 Å². The van der Waals surface area contributed by atoms with Crippen molar-refractivity contribution in [3.63, 3.8) is 0 Å². The van der Waals surface area contributed by atoms with Gasteiger partial charge in [0.1, 0.15) is 18.1 Å². The highest BCUT2D eigenvalue weighted by atomic mass is 16.5. The van der Waals surface area contributed by atoms with Gasteiger partial charge in [-0.25, -0.2) is 0 Å². The Kier molecular flexibility index (Phi) is 5.78. The van der Waals surface area contributed by atoms with Crippen LogP contribution < -0.4 is 10.1 Å². The van der Waals surface area contributed by atoms with Gasteiger partial charge in [0.25, 0.3) is 0 Å². The molecule has 114 valence electrons. The quantitative estimate of drug-likeness (QED) is 0.730. The lowest BCUT2D eigenvalue weighted by Gasteiger charge is -2.08. The molecule has 2 N–H and O–H groups in total. The van der Waals surface area contributed by atoms with E-state index in [1.165, 1.54) is 5.56 Å². The Labute approximate surface area is 124 Å². The molecule has 0 unspecified atom stereocenters. The van der Waals surface area contributed by atoms with Crippen LogP contribution in [-0.4, -0.2) is 23.4 Å². The van der Waals surface area contributed by atoms with E-state index in [2.05, 4.69) is 10.5 Å². The van der Waals surface area contributed by atoms with Gasteiger partial charge in [0, 0.05) is 13.2 Å². The molecule has 0 atom stereocenters. The second kappa shape index (κ2) is 7.81. The third-order valence-electron chi connectivity index (χ3n) is 3.33. The second-order valence-electron chi connectivity index (χ2n) is 4.99. The summed E-state index contributed by atoms with van der Waals surface area (Å²) in [7, 11) is 0. The highest BCUT2D eigenvalue weighted by Crippen LogP contribution is 2.17. The zero-order chi connectivity index (χ0) is 15.1. The van der Waals surface area contributed by atoms with Gasteiger partial charge in [-0.05, 0) is 44.5 Å². The van der Waals surface area contributed by atoms with Gasteiger partial charge in [0.15, 0.2) is 0 Å². The molecule has 5 nitrogen and oxygen atoms in total. The van der Waals surface area contributed by atoms with Crippen LogP contribution in [0.2, 0.25) is 0 Å². The normalized spacial score (nSPS) is 10.8. The molecule has 1 aromatic carbocycles. The molecule has 0 aliphatic carbocycles. The Hall–Kier alpha value is -1.85. The Bertz CT molecular complexity index is 530. The van der Waals surface area contributed by atoms with E-state index in [0.29, 0.717) is 6.61 Å². The lowest BCUT2D eigenvalue weighted by atomic mass is 10.2. The average molecular weight is 290 g/mol. The molecule has 0 aliphatic rings. The molecule has 2 rings (SSSR count). The number of aliphatic hydroxyl groups is 1. The predicted octanol–water partition coefficient (Wildman–Crippen LogP) is 2.34. The summed E-state index contributed by atoms with van der Waals surface area (Å²) in [6.45, 7) is 6.11. The third kappa shape index (κ3) is 4.58. The van der Waals surface area contributed by atoms with Crippen LogP contribution in [0.5, 0.6) is 5.75 Å². The van der Waals surface area contributed by atoms with Crippen molar-refractivity contribution in [1.82, 2.24) is 10.5 Å². The predicted molar refractivity (Wildman–Crippen MR) is 80.2 cm³/mol. The lowest BCUT2D eigenvalue weighted by molar-refractivity contribution is 0.286. The fraction of sp³-hybridized carbons (Fsp3) is 0.438. The van der Waals surface area contributed by atoms with Crippen molar-refractivity contribution >= 4 is 0 Å². The van der Waals surface area contributed by atoms with Crippen LogP contribution in [-0.2, 0) is 13.2 Å². The number of aromatic nitrogens is 1. The lowest BCUT2D eigenvalue weighted by Crippen LogP contribution is -2.15. The third-order valence-corrected chi connectivity index (χ3v) is 3.33. The zero-order valence-corrected chi connectivity index (χ0v) is 12.6. The SMILES string of the molecule is Cc1noc(C)c1COc1ccc(CNCCCO)cc1. The standard InChI is InChI=1S/C16H22N2O3/c1-12-16(13(2)21-18-12)11-20-15-6-4-14(5-7-15)10-17-8-3-9-19/h4-7,17,19H,3,8-11H2,1-2H3. The van der Waals surface area contributed by atoms with E-state index in [4.69, 9.17) is 14.4 Å². The molecule has 0 saturated heterocycles. The van der Waals surface area contributed by atoms with Gasteiger partial charge >= 0.3 is 0 Å². The summed E-state index contributed by atoms with van der Waals surface area (Å²) in [6.07, 6.45) is 0.776. The molecular formula is C16H22N2O3. The summed E-state index contributed by atoms with van der Waals surface area (Å²) in [5.41, 5.74) is 3.07. The number of hydrogen-bond donors (Lipinski definition) is 2. The van der Waals surface area contributed by atoms with Gasteiger partial charge in [-0.2, -0.15) is 0 Å². The summed E-state index contributed by atoms with van der Waals surface area (Å²) >= 11 is 0. The van der Waals surface area contributed by atoms with E-state index in [0.717, 1.165) is 42.3 Å². The number of aliphatic hydroxyl groups excluding tert-OH is 1. The number of nitrogens with one attached hydrogen (secondary N) is 1. The fourth-order valence-corrected chi connectivity index (χ4v) is 2.00. The van der Waals surface area contributed by atoms with Crippen LogP contribution in [0.25, 0.3) is 0 Å². The molecule has 21 heavy (non-hydrogen) atoms. The molecule has 1 aromatic heterocycles. The van der Waals surface area contributed by atoms with Crippen LogP contribution in [0, 0.1) is 13.8 Å². The topological polar surface area (TPSA) is 67.5 Å². The number of hydrogen-bond acceptors (Lipinski definition) is 5. The molecule has 0 fully saturated rings. The molecule has 0 amide bonds.